The molecule has 0 bridgehead atoms. The fourth-order valence-electron chi connectivity index (χ4n) is 2.43. The molecule has 2 rings (SSSR count). The summed E-state index contributed by atoms with van der Waals surface area (Å²) in [5.41, 5.74) is 2.63. The van der Waals surface area contributed by atoms with Gasteiger partial charge in [-0.2, -0.15) is 0 Å². The fraction of sp³-hybridized carbons (Fsp3) is 0.706. The highest BCUT2D eigenvalue weighted by Crippen LogP contribution is 2.32. The van der Waals surface area contributed by atoms with Gasteiger partial charge in [-0.1, -0.05) is 0 Å². The van der Waals surface area contributed by atoms with Crippen molar-refractivity contribution in [3.63, 3.8) is 0 Å². The number of rotatable bonds is 7. The van der Waals surface area contributed by atoms with Gasteiger partial charge in [0.25, 0.3) is 0 Å². The van der Waals surface area contributed by atoms with E-state index < -0.39 is 0 Å². The van der Waals surface area contributed by atoms with Crippen molar-refractivity contribution in [1.82, 2.24) is 10.3 Å². The molecule has 1 saturated carbocycles. The van der Waals surface area contributed by atoms with Gasteiger partial charge in [0.1, 0.15) is 5.82 Å². The van der Waals surface area contributed by atoms with Crippen LogP contribution >= 0.6 is 0 Å². The third-order valence-electron chi connectivity index (χ3n) is 3.73. The maximum atomic E-state index is 5.23. The van der Waals surface area contributed by atoms with Crippen molar-refractivity contribution in [2.24, 2.45) is 0 Å². The maximum absolute atomic E-state index is 5.23. The normalized spacial score (nSPS) is 15.3. The Morgan fingerprint density at radius 2 is 2.10 bits per heavy atom. The Kier molecular flexibility index (Phi) is 5.22. The summed E-state index contributed by atoms with van der Waals surface area (Å²) in [6, 6.07) is 2.91. The molecule has 21 heavy (non-hydrogen) atoms. The van der Waals surface area contributed by atoms with Gasteiger partial charge in [-0.05, 0) is 57.7 Å². The van der Waals surface area contributed by atoms with Crippen LogP contribution in [0.4, 0.5) is 5.82 Å². The molecule has 4 nitrogen and oxygen atoms in total. The fourth-order valence-corrected chi connectivity index (χ4v) is 2.43. The predicted octanol–water partition coefficient (Wildman–Crippen LogP) is 2.89. The van der Waals surface area contributed by atoms with Crippen molar-refractivity contribution in [2.75, 3.05) is 25.2 Å². The highest BCUT2D eigenvalue weighted by Gasteiger charge is 2.30. The highest BCUT2D eigenvalue weighted by atomic mass is 16.5. The molecule has 1 fully saturated rings. The standard InChI is InChI=1S/C17H29N3O/c1-13-10-14(12-19-17(2,3)4)11-18-16(13)20(8-9-21-5)15-6-7-15/h10-11,15,19H,6-9,12H2,1-5H3. The average molecular weight is 291 g/mol. The van der Waals surface area contributed by atoms with Gasteiger partial charge in [-0.15, -0.1) is 0 Å². The smallest absolute Gasteiger partial charge is 0.131 e. The molecule has 1 aliphatic carbocycles. The van der Waals surface area contributed by atoms with Gasteiger partial charge in [0.05, 0.1) is 6.61 Å². The number of hydrogen-bond donors (Lipinski definition) is 1. The number of hydrogen-bond acceptors (Lipinski definition) is 4. The molecular formula is C17H29N3O. The minimum Gasteiger partial charge on any atom is -0.383 e. The quantitative estimate of drug-likeness (QED) is 0.838. The Labute approximate surface area is 128 Å². The van der Waals surface area contributed by atoms with Gasteiger partial charge in [-0.3, -0.25) is 0 Å². The third kappa shape index (κ3) is 4.97. The van der Waals surface area contributed by atoms with E-state index in [9.17, 15) is 0 Å². The van der Waals surface area contributed by atoms with Crippen LogP contribution in [0.1, 0.15) is 44.7 Å². The minimum absolute atomic E-state index is 0.130. The average Bonchev–Trinajstić information content (AvgIpc) is 3.22. The lowest BCUT2D eigenvalue weighted by Gasteiger charge is -2.25. The number of nitrogens with one attached hydrogen (secondary N) is 1. The van der Waals surface area contributed by atoms with E-state index in [1.54, 1.807) is 7.11 Å². The molecule has 1 heterocycles. The lowest BCUT2D eigenvalue weighted by Crippen LogP contribution is -2.35. The number of nitrogens with zero attached hydrogens (tertiary/aromatic N) is 2. The number of anilines is 1. The van der Waals surface area contributed by atoms with Crippen LogP contribution in [0.25, 0.3) is 0 Å². The van der Waals surface area contributed by atoms with E-state index in [4.69, 9.17) is 9.72 Å². The summed E-state index contributed by atoms with van der Waals surface area (Å²) in [6.07, 6.45) is 4.56. The monoisotopic (exact) mass is 291 g/mol. The van der Waals surface area contributed by atoms with E-state index in [1.165, 1.54) is 24.0 Å². The van der Waals surface area contributed by atoms with Gasteiger partial charge in [-0.25, -0.2) is 4.98 Å². The van der Waals surface area contributed by atoms with Gasteiger partial charge < -0.3 is 15.0 Å². The Balaban J connectivity index is 2.06. The second-order valence-corrected chi connectivity index (χ2v) is 7.00. The summed E-state index contributed by atoms with van der Waals surface area (Å²) < 4.78 is 5.23. The zero-order valence-electron chi connectivity index (χ0n) is 14.1. The molecule has 0 radical (unpaired) electrons. The van der Waals surface area contributed by atoms with Crippen molar-refractivity contribution in [3.8, 4) is 0 Å². The molecule has 0 spiro atoms. The second kappa shape index (κ2) is 6.75. The van der Waals surface area contributed by atoms with Crippen molar-refractivity contribution in [2.45, 2.75) is 58.7 Å². The first-order valence-corrected chi connectivity index (χ1v) is 7.87. The third-order valence-corrected chi connectivity index (χ3v) is 3.73. The summed E-state index contributed by atoms with van der Waals surface area (Å²) in [6.45, 7) is 11.2. The van der Waals surface area contributed by atoms with Crippen LogP contribution in [0.5, 0.6) is 0 Å². The number of ether oxygens (including phenoxy) is 1. The predicted molar refractivity (Wildman–Crippen MR) is 87.8 cm³/mol. The van der Waals surface area contributed by atoms with E-state index >= 15 is 0 Å². The maximum Gasteiger partial charge on any atom is 0.131 e. The topological polar surface area (TPSA) is 37.4 Å². The Hall–Kier alpha value is -1.13. The van der Waals surface area contributed by atoms with Crippen molar-refractivity contribution in [3.05, 3.63) is 23.4 Å². The highest BCUT2D eigenvalue weighted by molar-refractivity contribution is 5.49. The SMILES string of the molecule is COCCN(c1ncc(CNC(C)(C)C)cc1C)C1CC1. The summed E-state index contributed by atoms with van der Waals surface area (Å²) in [5.74, 6) is 1.12. The van der Waals surface area contributed by atoms with E-state index in [1.807, 2.05) is 6.20 Å². The first-order valence-electron chi connectivity index (χ1n) is 7.87. The van der Waals surface area contributed by atoms with Crippen LogP contribution in [0.2, 0.25) is 0 Å². The van der Waals surface area contributed by atoms with Crippen LogP contribution in [0.3, 0.4) is 0 Å². The lowest BCUT2D eigenvalue weighted by molar-refractivity contribution is 0.204. The van der Waals surface area contributed by atoms with Crippen molar-refractivity contribution < 1.29 is 4.74 Å². The number of pyridine rings is 1. The van der Waals surface area contributed by atoms with Gasteiger partial charge in [0, 0.05) is 38.0 Å². The molecule has 0 amide bonds. The van der Waals surface area contributed by atoms with E-state index in [0.29, 0.717) is 6.04 Å². The van der Waals surface area contributed by atoms with E-state index in [0.717, 1.165) is 25.5 Å². The zero-order valence-corrected chi connectivity index (χ0v) is 14.1. The van der Waals surface area contributed by atoms with Gasteiger partial charge in [0.15, 0.2) is 0 Å². The second-order valence-electron chi connectivity index (χ2n) is 7.00. The zero-order chi connectivity index (χ0) is 15.5. The molecule has 1 N–H and O–H groups in total. The molecule has 118 valence electrons. The molecule has 0 unspecified atom stereocenters. The molecule has 4 heteroatoms. The van der Waals surface area contributed by atoms with E-state index in [-0.39, 0.29) is 5.54 Å². The van der Waals surface area contributed by atoms with Crippen molar-refractivity contribution >= 4 is 5.82 Å². The van der Waals surface area contributed by atoms with Crippen LogP contribution in [0, 0.1) is 6.92 Å². The Morgan fingerprint density at radius 3 is 2.62 bits per heavy atom. The molecule has 0 atom stereocenters. The molecule has 1 aromatic rings. The van der Waals surface area contributed by atoms with Gasteiger partial charge >= 0.3 is 0 Å². The molecule has 0 aliphatic heterocycles. The van der Waals surface area contributed by atoms with Gasteiger partial charge in [0.2, 0.25) is 0 Å². The van der Waals surface area contributed by atoms with Crippen LogP contribution < -0.4 is 10.2 Å². The molecule has 0 saturated heterocycles. The van der Waals surface area contributed by atoms with E-state index in [2.05, 4.69) is 44.0 Å². The molecular weight excluding hydrogens is 262 g/mol. The summed E-state index contributed by atoms with van der Waals surface area (Å²) >= 11 is 0. The first-order chi connectivity index (χ1) is 9.90. The first kappa shape index (κ1) is 16.2. The number of aromatic nitrogens is 1. The van der Waals surface area contributed by atoms with Crippen LogP contribution in [0.15, 0.2) is 12.3 Å². The summed E-state index contributed by atoms with van der Waals surface area (Å²) in [7, 11) is 1.76. The molecule has 1 aliphatic rings. The molecule has 0 aromatic carbocycles. The Morgan fingerprint density at radius 1 is 1.38 bits per heavy atom. The van der Waals surface area contributed by atoms with Crippen LogP contribution in [-0.2, 0) is 11.3 Å². The number of methoxy groups -OCH3 is 1. The lowest BCUT2D eigenvalue weighted by atomic mass is 10.1. The van der Waals surface area contributed by atoms with Crippen LogP contribution in [-0.4, -0.2) is 36.8 Å². The Bertz CT molecular complexity index is 464. The number of aryl methyl sites for hydroxylation is 1. The largest absolute Gasteiger partial charge is 0.383 e. The molecule has 1 aromatic heterocycles. The minimum atomic E-state index is 0.130. The summed E-state index contributed by atoms with van der Waals surface area (Å²) in [5, 5.41) is 3.51. The van der Waals surface area contributed by atoms with Crippen molar-refractivity contribution in [1.29, 1.82) is 0 Å². The summed E-state index contributed by atoms with van der Waals surface area (Å²) in [4.78, 5) is 7.13.